The predicted octanol–water partition coefficient (Wildman–Crippen LogP) is 4.66. The normalized spacial score (nSPS) is 10.7. The van der Waals surface area contributed by atoms with Crippen LogP contribution in [0.1, 0.15) is 19.5 Å². The Labute approximate surface area is 128 Å². The molecule has 1 aromatic carbocycles. The molecule has 0 radical (unpaired) electrons. The van der Waals surface area contributed by atoms with Crippen molar-refractivity contribution in [3.05, 3.63) is 40.0 Å². The van der Waals surface area contributed by atoms with Crippen LogP contribution < -0.4 is 10.6 Å². The Bertz CT molecular complexity index is 594. The smallest absolute Gasteiger partial charge is 0.225 e. The molecular formula is C14H16Cl2N4. The Hall–Kier alpha value is -1.52. The van der Waals surface area contributed by atoms with Crippen LogP contribution in [0.25, 0.3) is 0 Å². The van der Waals surface area contributed by atoms with Crippen molar-refractivity contribution in [2.45, 2.75) is 26.8 Å². The van der Waals surface area contributed by atoms with Gasteiger partial charge in [0, 0.05) is 33.5 Å². The van der Waals surface area contributed by atoms with E-state index in [2.05, 4.69) is 20.6 Å². The Kier molecular flexibility index (Phi) is 4.68. The molecule has 0 saturated carbocycles. The largest absolute Gasteiger partial charge is 0.352 e. The van der Waals surface area contributed by atoms with Gasteiger partial charge < -0.3 is 10.6 Å². The standard InChI is InChI=1S/C14H16Cl2N4/c1-8(2)17-14-18-9(3)4-13(20-14)19-12-6-10(15)5-11(16)7-12/h4-8H,1-3H3,(H2,17,18,19,20). The molecular weight excluding hydrogens is 295 g/mol. The monoisotopic (exact) mass is 310 g/mol. The van der Waals surface area contributed by atoms with Gasteiger partial charge in [0.2, 0.25) is 5.95 Å². The maximum Gasteiger partial charge on any atom is 0.225 e. The molecule has 0 fully saturated rings. The van der Waals surface area contributed by atoms with Crippen LogP contribution in [0.2, 0.25) is 10.0 Å². The van der Waals surface area contributed by atoms with E-state index in [1.165, 1.54) is 0 Å². The first-order valence-electron chi connectivity index (χ1n) is 6.28. The molecule has 0 aliphatic rings. The number of halogens is 2. The van der Waals surface area contributed by atoms with Crippen molar-refractivity contribution < 1.29 is 0 Å². The summed E-state index contributed by atoms with van der Waals surface area (Å²) in [4.78, 5) is 8.75. The molecule has 4 nitrogen and oxygen atoms in total. The fraction of sp³-hybridized carbons (Fsp3) is 0.286. The molecule has 2 N–H and O–H groups in total. The molecule has 6 heteroatoms. The molecule has 20 heavy (non-hydrogen) atoms. The molecule has 1 aromatic heterocycles. The lowest BCUT2D eigenvalue weighted by molar-refractivity contribution is 0.871. The number of rotatable bonds is 4. The van der Waals surface area contributed by atoms with Crippen molar-refractivity contribution in [2.24, 2.45) is 0 Å². The number of hydrogen-bond acceptors (Lipinski definition) is 4. The van der Waals surface area contributed by atoms with Gasteiger partial charge in [0.1, 0.15) is 5.82 Å². The highest BCUT2D eigenvalue weighted by atomic mass is 35.5. The third-order valence-corrected chi connectivity index (χ3v) is 2.84. The lowest BCUT2D eigenvalue weighted by Crippen LogP contribution is -2.13. The molecule has 0 aliphatic carbocycles. The lowest BCUT2D eigenvalue weighted by Gasteiger charge is -2.12. The zero-order valence-corrected chi connectivity index (χ0v) is 13.0. The minimum Gasteiger partial charge on any atom is -0.352 e. The fourth-order valence-electron chi connectivity index (χ4n) is 1.73. The van der Waals surface area contributed by atoms with E-state index < -0.39 is 0 Å². The summed E-state index contributed by atoms with van der Waals surface area (Å²) in [5, 5.41) is 7.51. The summed E-state index contributed by atoms with van der Waals surface area (Å²) in [5.41, 5.74) is 1.66. The first-order chi connectivity index (χ1) is 9.42. The average molecular weight is 311 g/mol. The van der Waals surface area contributed by atoms with Crippen molar-refractivity contribution >= 4 is 40.7 Å². The van der Waals surface area contributed by atoms with Crippen molar-refractivity contribution in [1.82, 2.24) is 9.97 Å². The van der Waals surface area contributed by atoms with Gasteiger partial charge in [0.05, 0.1) is 0 Å². The zero-order valence-electron chi connectivity index (χ0n) is 11.5. The van der Waals surface area contributed by atoms with Crippen molar-refractivity contribution in [1.29, 1.82) is 0 Å². The van der Waals surface area contributed by atoms with Gasteiger partial charge in [0.15, 0.2) is 0 Å². The third kappa shape index (κ3) is 4.25. The Balaban J connectivity index is 2.26. The molecule has 0 spiro atoms. The summed E-state index contributed by atoms with van der Waals surface area (Å²) < 4.78 is 0. The molecule has 1 heterocycles. The highest BCUT2D eigenvalue weighted by molar-refractivity contribution is 6.35. The second kappa shape index (κ2) is 6.29. The van der Waals surface area contributed by atoms with E-state index in [1.807, 2.05) is 26.8 Å². The van der Waals surface area contributed by atoms with Crippen molar-refractivity contribution in [3.63, 3.8) is 0 Å². The Morgan fingerprint density at radius 3 is 2.25 bits per heavy atom. The van der Waals surface area contributed by atoms with E-state index in [9.17, 15) is 0 Å². The Morgan fingerprint density at radius 1 is 1.00 bits per heavy atom. The summed E-state index contributed by atoms with van der Waals surface area (Å²) in [6, 6.07) is 7.40. The molecule has 2 aromatic rings. The van der Waals surface area contributed by atoms with Crippen LogP contribution in [-0.2, 0) is 0 Å². The number of aromatic nitrogens is 2. The quantitative estimate of drug-likeness (QED) is 0.862. The van der Waals surface area contributed by atoms with Gasteiger partial charge in [0.25, 0.3) is 0 Å². The highest BCUT2D eigenvalue weighted by Gasteiger charge is 2.05. The van der Waals surface area contributed by atoms with Gasteiger partial charge in [-0.25, -0.2) is 4.98 Å². The predicted molar refractivity (Wildman–Crippen MR) is 85.3 cm³/mol. The van der Waals surface area contributed by atoms with Crippen LogP contribution in [0.3, 0.4) is 0 Å². The van der Waals surface area contributed by atoms with Crippen molar-refractivity contribution in [2.75, 3.05) is 10.6 Å². The maximum atomic E-state index is 5.98. The second-order valence-electron chi connectivity index (χ2n) is 4.80. The molecule has 0 amide bonds. The van der Waals surface area contributed by atoms with Gasteiger partial charge in [-0.2, -0.15) is 4.98 Å². The van der Waals surface area contributed by atoms with Crippen LogP contribution in [0.5, 0.6) is 0 Å². The summed E-state index contributed by atoms with van der Waals surface area (Å²) in [6.45, 7) is 5.99. The van der Waals surface area contributed by atoms with E-state index in [-0.39, 0.29) is 6.04 Å². The molecule has 0 saturated heterocycles. The lowest BCUT2D eigenvalue weighted by atomic mass is 10.3. The first kappa shape index (κ1) is 14.9. The average Bonchev–Trinajstić information content (AvgIpc) is 2.24. The molecule has 106 valence electrons. The number of aryl methyl sites for hydroxylation is 1. The van der Waals surface area contributed by atoms with Crippen LogP contribution in [0.4, 0.5) is 17.5 Å². The van der Waals surface area contributed by atoms with Crippen LogP contribution in [0.15, 0.2) is 24.3 Å². The minimum absolute atomic E-state index is 0.269. The first-order valence-corrected chi connectivity index (χ1v) is 7.03. The summed E-state index contributed by atoms with van der Waals surface area (Å²) in [5.74, 6) is 1.29. The number of nitrogens with one attached hydrogen (secondary N) is 2. The van der Waals surface area contributed by atoms with Crippen LogP contribution >= 0.6 is 23.2 Å². The number of benzene rings is 1. The van der Waals surface area contributed by atoms with Gasteiger partial charge >= 0.3 is 0 Å². The van der Waals surface area contributed by atoms with Gasteiger partial charge in [-0.3, -0.25) is 0 Å². The van der Waals surface area contributed by atoms with Crippen molar-refractivity contribution in [3.8, 4) is 0 Å². The number of hydrogen-bond donors (Lipinski definition) is 2. The number of anilines is 3. The topological polar surface area (TPSA) is 49.8 Å². The maximum absolute atomic E-state index is 5.98. The summed E-state index contributed by atoms with van der Waals surface area (Å²) in [7, 11) is 0. The zero-order chi connectivity index (χ0) is 14.7. The molecule has 0 atom stereocenters. The van der Waals surface area contributed by atoms with Crippen LogP contribution in [0, 0.1) is 6.92 Å². The minimum atomic E-state index is 0.269. The fourth-order valence-corrected chi connectivity index (χ4v) is 2.26. The van der Waals surface area contributed by atoms with Gasteiger partial charge in [-0.15, -0.1) is 0 Å². The Morgan fingerprint density at radius 2 is 1.65 bits per heavy atom. The van der Waals surface area contributed by atoms with E-state index >= 15 is 0 Å². The SMILES string of the molecule is Cc1cc(Nc2cc(Cl)cc(Cl)c2)nc(NC(C)C)n1. The molecule has 0 unspecified atom stereocenters. The number of nitrogens with zero attached hydrogens (tertiary/aromatic N) is 2. The van der Waals surface area contributed by atoms with E-state index in [1.54, 1.807) is 18.2 Å². The highest BCUT2D eigenvalue weighted by Crippen LogP contribution is 2.25. The molecule has 0 aliphatic heterocycles. The van der Waals surface area contributed by atoms with Gasteiger partial charge in [-0.05, 0) is 39.0 Å². The van der Waals surface area contributed by atoms with Crippen LogP contribution in [-0.4, -0.2) is 16.0 Å². The summed E-state index contributed by atoms with van der Waals surface area (Å²) in [6.07, 6.45) is 0. The molecule has 0 bridgehead atoms. The van der Waals surface area contributed by atoms with E-state index in [0.29, 0.717) is 21.8 Å². The third-order valence-electron chi connectivity index (χ3n) is 2.41. The molecule has 2 rings (SSSR count). The van der Waals surface area contributed by atoms with E-state index in [0.717, 1.165) is 11.4 Å². The van der Waals surface area contributed by atoms with Gasteiger partial charge in [-0.1, -0.05) is 23.2 Å². The second-order valence-corrected chi connectivity index (χ2v) is 5.67. The van der Waals surface area contributed by atoms with E-state index in [4.69, 9.17) is 23.2 Å². The summed E-state index contributed by atoms with van der Waals surface area (Å²) >= 11 is 12.0.